The van der Waals surface area contributed by atoms with Crippen LogP contribution in [0.4, 0.5) is 13.2 Å². The van der Waals surface area contributed by atoms with Gasteiger partial charge in [0.05, 0.1) is 12.1 Å². The number of nitrogens with two attached hydrogens (primary N) is 1. The summed E-state index contributed by atoms with van der Waals surface area (Å²) < 4.78 is 42.8. The van der Waals surface area contributed by atoms with Crippen molar-refractivity contribution in [3.8, 4) is 5.75 Å². The highest BCUT2D eigenvalue weighted by Crippen LogP contribution is 2.31. The van der Waals surface area contributed by atoms with Crippen molar-refractivity contribution >= 4 is 5.96 Å². The molecule has 0 radical (unpaired) electrons. The summed E-state index contributed by atoms with van der Waals surface area (Å²) in [5.41, 5.74) is 5.04. The van der Waals surface area contributed by atoms with Crippen LogP contribution in [0.1, 0.15) is 19.4 Å². The van der Waals surface area contributed by atoms with Gasteiger partial charge in [-0.2, -0.15) is 13.2 Å². The maximum absolute atomic E-state index is 12.5. The Morgan fingerprint density at radius 3 is 2.52 bits per heavy atom. The molecule has 7 heteroatoms. The van der Waals surface area contributed by atoms with E-state index in [1.165, 1.54) is 12.1 Å². The van der Waals surface area contributed by atoms with E-state index in [2.05, 4.69) is 4.99 Å². The third-order valence-electron chi connectivity index (χ3n) is 2.88. The van der Waals surface area contributed by atoms with E-state index in [1.807, 2.05) is 18.7 Å². The van der Waals surface area contributed by atoms with E-state index in [0.29, 0.717) is 12.5 Å². The minimum absolute atomic E-state index is 0.168. The molecule has 0 bridgehead atoms. The fraction of sp³-hybridized carbons (Fsp3) is 0.500. The third kappa shape index (κ3) is 5.53. The Morgan fingerprint density at radius 2 is 1.95 bits per heavy atom. The van der Waals surface area contributed by atoms with E-state index < -0.39 is 11.7 Å². The largest absolute Gasteiger partial charge is 0.492 e. The average Bonchev–Trinajstić information content (AvgIpc) is 2.44. The van der Waals surface area contributed by atoms with Gasteiger partial charge in [-0.15, -0.1) is 0 Å². The first-order chi connectivity index (χ1) is 9.88. The van der Waals surface area contributed by atoms with Gasteiger partial charge in [0.1, 0.15) is 12.4 Å². The number of benzene rings is 1. The van der Waals surface area contributed by atoms with Crippen LogP contribution in [0, 0.1) is 0 Å². The normalized spacial score (nSPS) is 12.3. The Kier molecular flexibility index (Phi) is 6.33. The summed E-state index contributed by atoms with van der Waals surface area (Å²) in [5, 5.41) is 0. The quantitative estimate of drug-likeness (QED) is 0.499. The van der Waals surface area contributed by atoms with E-state index in [9.17, 15) is 13.2 Å². The molecule has 1 aromatic rings. The van der Waals surface area contributed by atoms with Crippen molar-refractivity contribution in [2.24, 2.45) is 10.7 Å². The SMILES string of the molecule is CCN(CC)C(N)=NCCOc1cccc(C(F)(F)F)c1. The van der Waals surface area contributed by atoms with E-state index in [0.717, 1.165) is 25.2 Å². The zero-order valence-corrected chi connectivity index (χ0v) is 12.2. The summed E-state index contributed by atoms with van der Waals surface area (Å²) in [6.45, 7) is 5.89. The Bertz CT molecular complexity index is 471. The molecule has 0 amide bonds. The lowest BCUT2D eigenvalue weighted by atomic mass is 10.2. The maximum atomic E-state index is 12.5. The lowest BCUT2D eigenvalue weighted by Crippen LogP contribution is -2.37. The first-order valence-electron chi connectivity index (χ1n) is 6.73. The Morgan fingerprint density at radius 1 is 1.29 bits per heavy atom. The predicted molar refractivity (Wildman–Crippen MR) is 76.3 cm³/mol. The monoisotopic (exact) mass is 303 g/mol. The second-order valence-electron chi connectivity index (χ2n) is 4.29. The molecule has 118 valence electrons. The van der Waals surface area contributed by atoms with E-state index in [-0.39, 0.29) is 12.4 Å². The maximum Gasteiger partial charge on any atom is 0.416 e. The highest BCUT2D eigenvalue weighted by molar-refractivity contribution is 5.77. The van der Waals surface area contributed by atoms with Crippen molar-refractivity contribution in [1.82, 2.24) is 4.90 Å². The molecule has 0 aromatic heterocycles. The number of alkyl halides is 3. The number of ether oxygens (including phenoxy) is 1. The summed E-state index contributed by atoms with van der Waals surface area (Å²) in [6.07, 6.45) is -4.37. The molecule has 0 saturated carbocycles. The van der Waals surface area contributed by atoms with Gasteiger partial charge in [-0.05, 0) is 32.0 Å². The molecule has 2 N–H and O–H groups in total. The molecular formula is C14H20F3N3O. The molecule has 21 heavy (non-hydrogen) atoms. The second kappa shape index (κ2) is 7.75. The van der Waals surface area contributed by atoms with Crippen LogP contribution >= 0.6 is 0 Å². The zero-order chi connectivity index (χ0) is 15.9. The van der Waals surface area contributed by atoms with Crippen molar-refractivity contribution in [3.63, 3.8) is 0 Å². The molecule has 0 fully saturated rings. The number of hydrogen-bond donors (Lipinski definition) is 1. The van der Waals surface area contributed by atoms with Crippen molar-refractivity contribution in [1.29, 1.82) is 0 Å². The van der Waals surface area contributed by atoms with Gasteiger partial charge in [0.15, 0.2) is 5.96 Å². The summed E-state index contributed by atoms with van der Waals surface area (Å²) in [7, 11) is 0. The van der Waals surface area contributed by atoms with Crippen LogP contribution in [-0.4, -0.2) is 37.1 Å². The molecule has 0 heterocycles. The van der Waals surface area contributed by atoms with Crippen molar-refractivity contribution in [3.05, 3.63) is 29.8 Å². The minimum atomic E-state index is -4.37. The fourth-order valence-corrected chi connectivity index (χ4v) is 1.73. The zero-order valence-electron chi connectivity index (χ0n) is 12.2. The highest BCUT2D eigenvalue weighted by atomic mass is 19.4. The molecule has 0 spiro atoms. The molecule has 0 unspecified atom stereocenters. The molecule has 0 atom stereocenters. The summed E-state index contributed by atoms with van der Waals surface area (Å²) in [6, 6.07) is 4.76. The Balaban J connectivity index is 2.52. The summed E-state index contributed by atoms with van der Waals surface area (Å²) >= 11 is 0. The van der Waals surface area contributed by atoms with Crippen LogP contribution in [0.15, 0.2) is 29.3 Å². The van der Waals surface area contributed by atoms with Crippen LogP contribution < -0.4 is 10.5 Å². The van der Waals surface area contributed by atoms with Gasteiger partial charge in [-0.3, -0.25) is 0 Å². The standard InChI is InChI=1S/C14H20F3N3O/c1-3-20(4-2)13(18)19-8-9-21-12-7-5-6-11(10-12)14(15,16)17/h5-7,10H,3-4,8-9H2,1-2H3,(H2,18,19). The fourth-order valence-electron chi connectivity index (χ4n) is 1.73. The van der Waals surface area contributed by atoms with Crippen LogP contribution in [0.5, 0.6) is 5.75 Å². The average molecular weight is 303 g/mol. The minimum Gasteiger partial charge on any atom is -0.492 e. The predicted octanol–water partition coefficient (Wildman–Crippen LogP) is 2.74. The van der Waals surface area contributed by atoms with Gasteiger partial charge in [0.2, 0.25) is 0 Å². The van der Waals surface area contributed by atoms with Crippen molar-refractivity contribution in [2.75, 3.05) is 26.2 Å². The highest BCUT2D eigenvalue weighted by Gasteiger charge is 2.30. The van der Waals surface area contributed by atoms with Crippen LogP contribution in [0.25, 0.3) is 0 Å². The van der Waals surface area contributed by atoms with Crippen LogP contribution in [0.3, 0.4) is 0 Å². The smallest absolute Gasteiger partial charge is 0.416 e. The number of nitrogens with zero attached hydrogens (tertiary/aromatic N) is 2. The van der Waals surface area contributed by atoms with Crippen LogP contribution in [0.2, 0.25) is 0 Å². The molecular weight excluding hydrogens is 283 g/mol. The van der Waals surface area contributed by atoms with Crippen molar-refractivity contribution < 1.29 is 17.9 Å². The van der Waals surface area contributed by atoms with Gasteiger partial charge in [-0.25, -0.2) is 4.99 Å². The molecule has 0 aliphatic rings. The molecule has 0 saturated heterocycles. The third-order valence-corrected chi connectivity index (χ3v) is 2.88. The first-order valence-corrected chi connectivity index (χ1v) is 6.73. The molecule has 0 aliphatic heterocycles. The van der Waals surface area contributed by atoms with E-state index in [4.69, 9.17) is 10.5 Å². The van der Waals surface area contributed by atoms with Gasteiger partial charge < -0.3 is 15.4 Å². The summed E-state index contributed by atoms with van der Waals surface area (Å²) in [4.78, 5) is 6.00. The topological polar surface area (TPSA) is 50.8 Å². The first kappa shape index (κ1) is 17.1. The van der Waals surface area contributed by atoms with E-state index in [1.54, 1.807) is 0 Å². The van der Waals surface area contributed by atoms with Gasteiger partial charge in [0.25, 0.3) is 0 Å². The number of hydrogen-bond acceptors (Lipinski definition) is 2. The lowest BCUT2D eigenvalue weighted by molar-refractivity contribution is -0.137. The van der Waals surface area contributed by atoms with Crippen LogP contribution in [-0.2, 0) is 6.18 Å². The van der Waals surface area contributed by atoms with Gasteiger partial charge in [0, 0.05) is 13.1 Å². The second-order valence-corrected chi connectivity index (χ2v) is 4.29. The van der Waals surface area contributed by atoms with Gasteiger partial charge >= 0.3 is 6.18 Å². The molecule has 1 aromatic carbocycles. The van der Waals surface area contributed by atoms with E-state index >= 15 is 0 Å². The Labute approximate surface area is 122 Å². The lowest BCUT2D eigenvalue weighted by Gasteiger charge is -2.19. The molecule has 4 nitrogen and oxygen atoms in total. The Hall–Kier alpha value is -1.92. The van der Waals surface area contributed by atoms with Crippen molar-refractivity contribution in [2.45, 2.75) is 20.0 Å². The summed E-state index contributed by atoms with van der Waals surface area (Å²) in [5.74, 6) is 0.578. The molecule has 0 aliphatic carbocycles. The van der Waals surface area contributed by atoms with Gasteiger partial charge in [-0.1, -0.05) is 6.07 Å². The molecule has 1 rings (SSSR count). The number of halogens is 3. The number of rotatable bonds is 6. The number of aliphatic imine (C=N–C) groups is 1. The number of guanidine groups is 1.